The summed E-state index contributed by atoms with van der Waals surface area (Å²) in [5.41, 5.74) is 7.79. The van der Waals surface area contributed by atoms with Crippen molar-refractivity contribution in [2.75, 3.05) is 0 Å². The highest BCUT2D eigenvalue weighted by atomic mass is 32.1. The zero-order chi connectivity index (χ0) is 14.5. The van der Waals surface area contributed by atoms with Crippen LogP contribution in [0.25, 0.3) is 20.7 Å². The number of hydrogen-bond donors (Lipinski definition) is 3. The van der Waals surface area contributed by atoms with E-state index >= 15 is 0 Å². The largest absolute Gasteiger partial charge is 0.319 e. The highest BCUT2D eigenvalue weighted by Gasteiger charge is 2.20. The molecule has 0 amide bonds. The Morgan fingerprint density at radius 1 is 1.40 bits per heavy atom. The highest BCUT2D eigenvalue weighted by molar-refractivity contribution is 7.22. The normalized spacial score (nSPS) is 12.2. The van der Waals surface area contributed by atoms with Crippen LogP contribution in [0.5, 0.6) is 0 Å². The average Bonchev–Trinajstić information content (AvgIpc) is 2.93. The van der Waals surface area contributed by atoms with Gasteiger partial charge in [0.25, 0.3) is 5.56 Å². The van der Waals surface area contributed by atoms with E-state index in [9.17, 15) is 4.79 Å². The maximum absolute atomic E-state index is 12.1. The lowest BCUT2D eigenvalue weighted by molar-refractivity contribution is 0.515. The second-order valence-electron chi connectivity index (χ2n) is 5.37. The smallest absolute Gasteiger partial charge is 0.268 e. The summed E-state index contributed by atoms with van der Waals surface area (Å²) in [6.07, 6.45) is 1.75. The Morgan fingerprint density at radius 3 is 2.75 bits per heavy atom. The average molecular weight is 289 g/mol. The minimum absolute atomic E-state index is 0.152. The van der Waals surface area contributed by atoms with E-state index in [4.69, 9.17) is 5.73 Å². The molecule has 0 aliphatic heterocycles. The Kier molecular flexibility index (Phi) is 2.77. The van der Waals surface area contributed by atoms with E-state index in [1.807, 2.05) is 26.8 Å². The molecule has 0 fully saturated rings. The standard InChI is InChI=1S/C13H15N5OS/c1-6-7(5-15-18-6)9-4-8-10(20-9)11(19)17-12(16-8)13(2,3)14/h4-5H,14H2,1-3H3,(H,15,18)(H,16,17,19). The molecule has 6 nitrogen and oxygen atoms in total. The summed E-state index contributed by atoms with van der Waals surface area (Å²) in [4.78, 5) is 20.3. The predicted molar refractivity (Wildman–Crippen MR) is 79.8 cm³/mol. The lowest BCUT2D eigenvalue weighted by Gasteiger charge is -2.16. The van der Waals surface area contributed by atoms with Gasteiger partial charge in [0.2, 0.25) is 0 Å². The molecule has 0 aliphatic carbocycles. The first kappa shape index (κ1) is 13.0. The molecule has 7 heteroatoms. The Hall–Kier alpha value is -1.99. The molecule has 0 aliphatic rings. The van der Waals surface area contributed by atoms with Gasteiger partial charge in [0.05, 0.1) is 17.3 Å². The SMILES string of the molecule is Cc1[nH]ncc1-c1cc2nc(C(C)(C)N)[nH]c(=O)c2s1. The Labute approximate surface area is 119 Å². The molecule has 4 N–H and O–H groups in total. The van der Waals surface area contributed by atoms with Gasteiger partial charge in [-0.25, -0.2) is 4.98 Å². The van der Waals surface area contributed by atoms with Crippen LogP contribution in [0.1, 0.15) is 25.4 Å². The van der Waals surface area contributed by atoms with E-state index in [1.54, 1.807) is 6.20 Å². The molecule has 3 rings (SSSR count). The summed E-state index contributed by atoms with van der Waals surface area (Å²) in [6, 6.07) is 1.91. The molecule has 0 saturated heterocycles. The third-order valence-electron chi connectivity index (χ3n) is 3.09. The van der Waals surface area contributed by atoms with Gasteiger partial charge in [0, 0.05) is 16.1 Å². The molecule has 0 unspecified atom stereocenters. The molecular formula is C13H15N5OS. The number of fused-ring (bicyclic) bond motifs is 1. The van der Waals surface area contributed by atoms with E-state index < -0.39 is 5.54 Å². The van der Waals surface area contributed by atoms with E-state index in [0.717, 1.165) is 16.1 Å². The topological polar surface area (TPSA) is 100 Å². The van der Waals surface area contributed by atoms with Gasteiger partial charge in [-0.15, -0.1) is 11.3 Å². The summed E-state index contributed by atoms with van der Waals surface area (Å²) in [7, 11) is 0. The van der Waals surface area contributed by atoms with Crippen molar-refractivity contribution >= 4 is 21.6 Å². The molecule has 0 spiro atoms. The molecule has 104 valence electrons. The fourth-order valence-corrected chi connectivity index (χ4v) is 3.04. The zero-order valence-corrected chi connectivity index (χ0v) is 12.3. The summed E-state index contributed by atoms with van der Waals surface area (Å²) in [5, 5.41) is 6.89. The number of H-pyrrole nitrogens is 2. The number of hydrogen-bond acceptors (Lipinski definition) is 5. The van der Waals surface area contributed by atoms with Crippen molar-refractivity contribution in [2.24, 2.45) is 5.73 Å². The van der Waals surface area contributed by atoms with E-state index in [1.165, 1.54) is 11.3 Å². The number of aromatic amines is 2. The van der Waals surface area contributed by atoms with Crippen LogP contribution in [0.3, 0.4) is 0 Å². The molecule has 0 atom stereocenters. The van der Waals surface area contributed by atoms with Crippen LogP contribution in [0.2, 0.25) is 0 Å². The number of nitrogens with zero attached hydrogens (tertiary/aromatic N) is 2. The van der Waals surface area contributed by atoms with Gasteiger partial charge in [0.15, 0.2) is 0 Å². The quantitative estimate of drug-likeness (QED) is 0.670. The predicted octanol–water partition coefficient (Wildman–Crippen LogP) is 1.88. The summed E-state index contributed by atoms with van der Waals surface area (Å²) < 4.78 is 0.605. The number of rotatable bonds is 2. The van der Waals surface area contributed by atoms with Crippen LogP contribution in [0.15, 0.2) is 17.1 Å². The molecule has 0 aromatic carbocycles. The first-order chi connectivity index (χ1) is 9.36. The second-order valence-corrected chi connectivity index (χ2v) is 6.42. The lowest BCUT2D eigenvalue weighted by atomic mass is 10.1. The maximum Gasteiger partial charge on any atom is 0.268 e. The van der Waals surface area contributed by atoms with Crippen molar-refractivity contribution in [1.82, 2.24) is 20.2 Å². The summed E-state index contributed by atoms with van der Waals surface area (Å²) in [5.74, 6) is 0.489. The van der Waals surface area contributed by atoms with Crippen LogP contribution in [0, 0.1) is 6.92 Å². The van der Waals surface area contributed by atoms with Crippen molar-refractivity contribution in [3.05, 3.63) is 34.1 Å². The van der Waals surface area contributed by atoms with E-state index in [-0.39, 0.29) is 5.56 Å². The summed E-state index contributed by atoms with van der Waals surface area (Å²) in [6.45, 7) is 5.56. The van der Waals surface area contributed by atoms with Crippen LogP contribution >= 0.6 is 11.3 Å². The molecule has 0 bridgehead atoms. The Bertz CT molecular complexity index is 836. The third-order valence-corrected chi connectivity index (χ3v) is 4.24. The number of nitrogens with one attached hydrogen (secondary N) is 2. The molecular weight excluding hydrogens is 274 g/mol. The van der Waals surface area contributed by atoms with Crippen LogP contribution in [-0.2, 0) is 5.54 Å². The van der Waals surface area contributed by atoms with Gasteiger partial charge in [-0.3, -0.25) is 9.89 Å². The van der Waals surface area contributed by atoms with Crippen molar-refractivity contribution in [3.63, 3.8) is 0 Å². The van der Waals surface area contributed by atoms with E-state index in [0.29, 0.717) is 16.0 Å². The molecule has 0 radical (unpaired) electrons. The number of thiophene rings is 1. The fourth-order valence-electron chi connectivity index (χ4n) is 1.98. The van der Waals surface area contributed by atoms with Crippen LogP contribution < -0.4 is 11.3 Å². The molecule has 3 aromatic heterocycles. The Morgan fingerprint density at radius 2 is 2.15 bits per heavy atom. The van der Waals surface area contributed by atoms with E-state index in [2.05, 4.69) is 20.2 Å². The molecule has 0 saturated carbocycles. The molecule has 3 aromatic rings. The van der Waals surface area contributed by atoms with Gasteiger partial charge in [-0.1, -0.05) is 0 Å². The number of aryl methyl sites for hydroxylation is 1. The first-order valence-corrected chi connectivity index (χ1v) is 7.01. The second kappa shape index (κ2) is 4.26. The first-order valence-electron chi connectivity index (χ1n) is 6.20. The van der Waals surface area contributed by atoms with Gasteiger partial charge < -0.3 is 10.7 Å². The Balaban J connectivity index is 2.24. The van der Waals surface area contributed by atoms with Crippen LogP contribution in [-0.4, -0.2) is 20.2 Å². The monoisotopic (exact) mass is 289 g/mol. The lowest BCUT2D eigenvalue weighted by Crippen LogP contribution is -2.33. The number of aromatic nitrogens is 4. The third kappa shape index (κ3) is 2.04. The van der Waals surface area contributed by atoms with Crippen molar-refractivity contribution in [1.29, 1.82) is 0 Å². The minimum atomic E-state index is -0.680. The van der Waals surface area contributed by atoms with Crippen molar-refractivity contribution in [2.45, 2.75) is 26.3 Å². The molecule has 3 heterocycles. The van der Waals surface area contributed by atoms with Crippen LogP contribution in [0.4, 0.5) is 0 Å². The van der Waals surface area contributed by atoms with Crippen molar-refractivity contribution < 1.29 is 0 Å². The minimum Gasteiger partial charge on any atom is -0.319 e. The van der Waals surface area contributed by atoms with Crippen molar-refractivity contribution in [3.8, 4) is 10.4 Å². The number of nitrogens with two attached hydrogens (primary N) is 1. The molecule has 20 heavy (non-hydrogen) atoms. The summed E-state index contributed by atoms with van der Waals surface area (Å²) >= 11 is 1.41. The van der Waals surface area contributed by atoms with Gasteiger partial charge in [-0.2, -0.15) is 5.10 Å². The zero-order valence-electron chi connectivity index (χ0n) is 11.4. The fraction of sp³-hybridized carbons (Fsp3) is 0.308. The maximum atomic E-state index is 12.1. The van der Waals surface area contributed by atoms with Gasteiger partial charge >= 0.3 is 0 Å². The van der Waals surface area contributed by atoms with Gasteiger partial charge in [-0.05, 0) is 26.8 Å². The highest BCUT2D eigenvalue weighted by Crippen LogP contribution is 2.32. The van der Waals surface area contributed by atoms with Gasteiger partial charge in [0.1, 0.15) is 10.5 Å².